The van der Waals surface area contributed by atoms with Crippen LogP contribution in [0.2, 0.25) is 0 Å². The maximum Gasteiger partial charge on any atom is 0.0432 e. The largest absolute Gasteiger partial charge is 0.370 e. The average molecular weight is 246 g/mol. The highest BCUT2D eigenvalue weighted by Gasteiger charge is 2.22. The monoisotopic (exact) mass is 246 g/mol. The van der Waals surface area contributed by atoms with E-state index in [2.05, 4.69) is 49.2 Å². The molecule has 0 aliphatic carbocycles. The van der Waals surface area contributed by atoms with Gasteiger partial charge in [-0.1, -0.05) is 32.0 Å². The third-order valence-electron chi connectivity index (χ3n) is 3.77. The molecular formula is C16H26N2. The van der Waals surface area contributed by atoms with E-state index in [1.807, 2.05) is 7.05 Å². The molecule has 1 unspecified atom stereocenters. The first-order chi connectivity index (χ1) is 8.61. The topological polar surface area (TPSA) is 15.3 Å². The number of anilines is 1. The molecule has 0 fully saturated rings. The van der Waals surface area contributed by atoms with Crippen LogP contribution in [0.25, 0.3) is 0 Å². The lowest BCUT2D eigenvalue weighted by atomic mass is 10.0. The van der Waals surface area contributed by atoms with E-state index in [1.54, 1.807) is 0 Å². The molecule has 2 rings (SSSR count). The van der Waals surface area contributed by atoms with Crippen LogP contribution >= 0.6 is 0 Å². The van der Waals surface area contributed by atoms with Crippen LogP contribution in [0.1, 0.15) is 31.9 Å². The number of fused-ring (bicyclic) bond motifs is 1. The van der Waals surface area contributed by atoms with E-state index in [9.17, 15) is 0 Å². The summed E-state index contributed by atoms with van der Waals surface area (Å²) in [6.45, 7) is 9.23. The van der Waals surface area contributed by atoms with Crippen LogP contribution in [0.5, 0.6) is 0 Å². The van der Waals surface area contributed by atoms with Gasteiger partial charge in [-0.3, -0.25) is 0 Å². The Bertz CT molecular complexity index is 398. The number of para-hydroxylation sites is 1. The lowest BCUT2D eigenvalue weighted by Gasteiger charge is -2.25. The molecule has 0 spiro atoms. The molecule has 18 heavy (non-hydrogen) atoms. The number of nitrogens with one attached hydrogen (secondary N) is 1. The van der Waals surface area contributed by atoms with Crippen molar-refractivity contribution in [3.8, 4) is 0 Å². The fraction of sp³-hybridized carbons (Fsp3) is 0.625. The average Bonchev–Trinajstić information content (AvgIpc) is 2.72. The smallest absolute Gasteiger partial charge is 0.0432 e. The molecule has 1 aliphatic heterocycles. The number of benzene rings is 1. The van der Waals surface area contributed by atoms with E-state index in [1.165, 1.54) is 36.3 Å². The quantitative estimate of drug-likeness (QED) is 0.859. The summed E-state index contributed by atoms with van der Waals surface area (Å²) < 4.78 is 0. The van der Waals surface area contributed by atoms with Gasteiger partial charge in [-0.05, 0) is 43.9 Å². The summed E-state index contributed by atoms with van der Waals surface area (Å²) in [5.74, 6) is 0.728. The summed E-state index contributed by atoms with van der Waals surface area (Å²) in [6, 6.07) is 7.35. The maximum atomic E-state index is 3.34. The van der Waals surface area contributed by atoms with Crippen molar-refractivity contribution in [2.45, 2.75) is 39.7 Å². The zero-order valence-electron chi connectivity index (χ0n) is 12.2. The third-order valence-corrected chi connectivity index (χ3v) is 3.77. The summed E-state index contributed by atoms with van der Waals surface area (Å²) in [5.41, 5.74) is 4.57. The third kappa shape index (κ3) is 2.86. The SMILES string of the molecule is CNC(C)Cc1cccc2c1N(CC(C)C)CC2. The van der Waals surface area contributed by atoms with Crippen molar-refractivity contribution in [1.82, 2.24) is 5.32 Å². The fourth-order valence-corrected chi connectivity index (χ4v) is 2.84. The fourth-order valence-electron chi connectivity index (χ4n) is 2.84. The van der Waals surface area contributed by atoms with Crippen LogP contribution in [-0.4, -0.2) is 26.2 Å². The van der Waals surface area contributed by atoms with Gasteiger partial charge in [0.2, 0.25) is 0 Å². The van der Waals surface area contributed by atoms with Gasteiger partial charge in [0, 0.05) is 24.8 Å². The normalized spacial score (nSPS) is 16.2. The van der Waals surface area contributed by atoms with Gasteiger partial charge in [-0.25, -0.2) is 0 Å². The highest BCUT2D eigenvalue weighted by atomic mass is 15.1. The summed E-state index contributed by atoms with van der Waals surface area (Å²) in [5, 5.41) is 3.34. The first-order valence-corrected chi connectivity index (χ1v) is 7.14. The van der Waals surface area contributed by atoms with Crippen LogP contribution in [0.4, 0.5) is 5.69 Å². The molecule has 0 saturated heterocycles. The number of likely N-dealkylation sites (N-methyl/N-ethyl adjacent to an activating group) is 1. The van der Waals surface area contributed by atoms with Gasteiger partial charge in [0.15, 0.2) is 0 Å². The Morgan fingerprint density at radius 1 is 1.28 bits per heavy atom. The molecule has 1 aliphatic rings. The van der Waals surface area contributed by atoms with Crippen molar-refractivity contribution < 1.29 is 0 Å². The van der Waals surface area contributed by atoms with Gasteiger partial charge in [-0.2, -0.15) is 0 Å². The van der Waals surface area contributed by atoms with Crippen molar-refractivity contribution in [1.29, 1.82) is 0 Å². The van der Waals surface area contributed by atoms with E-state index in [-0.39, 0.29) is 0 Å². The van der Waals surface area contributed by atoms with Crippen molar-refractivity contribution >= 4 is 5.69 Å². The van der Waals surface area contributed by atoms with Gasteiger partial charge in [0.25, 0.3) is 0 Å². The minimum absolute atomic E-state index is 0.540. The second-order valence-corrected chi connectivity index (χ2v) is 5.91. The lowest BCUT2D eigenvalue weighted by molar-refractivity contribution is 0.600. The Balaban J connectivity index is 2.24. The molecule has 1 aromatic rings. The standard InChI is InChI=1S/C16H26N2/c1-12(2)11-18-9-8-14-6-5-7-15(16(14)18)10-13(3)17-4/h5-7,12-13,17H,8-11H2,1-4H3. The first-order valence-electron chi connectivity index (χ1n) is 7.14. The van der Waals surface area contributed by atoms with Gasteiger partial charge >= 0.3 is 0 Å². The number of nitrogens with zero attached hydrogens (tertiary/aromatic N) is 1. The Kier molecular flexibility index (Phi) is 4.28. The van der Waals surface area contributed by atoms with Gasteiger partial charge in [-0.15, -0.1) is 0 Å². The predicted molar refractivity (Wildman–Crippen MR) is 79.4 cm³/mol. The molecule has 0 amide bonds. The van der Waals surface area contributed by atoms with Crippen LogP contribution in [-0.2, 0) is 12.8 Å². The molecule has 1 heterocycles. The van der Waals surface area contributed by atoms with Crippen LogP contribution < -0.4 is 10.2 Å². The number of hydrogen-bond acceptors (Lipinski definition) is 2. The minimum atomic E-state index is 0.540. The zero-order chi connectivity index (χ0) is 13.1. The first kappa shape index (κ1) is 13.4. The molecular weight excluding hydrogens is 220 g/mol. The molecule has 0 radical (unpaired) electrons. The molecule has 1 atom stereocenters. The summed E-state index contributed by atoms with van der Waals surface area (Å²) in [7, 11) is 2.04. The highest BCUT2D eigenvalue weighted by molar-refractivity contribution is 5.63. The summed E-state index contributed by atoms with van der Waals surface area (Å²) >= 11 is 0. The Labute approximate surface area is 111 Å². The van der Waals surface area contributed by atoms with Crippen molar-refractivity contribution in [3.05, 3.63) is 29.3 Å². The van der Waals surface area contributed by atoms with Crippen molar-refractivity contribution in [3.63, 3.8) is 0 Å². The van der Waals surface area contributed by atoms with Gasteiger partial charge in [0.05, 0.1) is 0 Å². The minimum Gasteiger partial charge on any atom is -0.370 e. The second-order valence-electron chi connectivity index (χ2n) is 5.91. The Morgan fingerprint density at radius 2 is 2.06 bits per heavy atom. The molecule has 100 valence electrons. The molecule has 0 aromatic heterocycles. The molecule has 2 heteroatoms. The van der Waals surface area contributed by atoms with Crippen molar-refractivity contribution in [2.75, 3.05) is 25.0 Å². The van der Waals surface area contributed by atoms with Crippen LogP contribution in [0.3, 0.4) is 0 Å². The van der Waals surface area contributed by atoms with E-state index >= 15 is 0 Å². The summed E-state index contributed by atoms with van der Waals surface area (Å²) in [4.78, 5) is 2.58. The molecule has 1 aromatic carbocycles. The van der Waals surface area contributed by atoms with Gasteiger partial charge in [0.1, 0.15) is 0 Å². The molecule has 1 N–H and O–H groups in total. The molecule has 0 bridgehead atoms. The van der Waals surface area contributed by atoms with E-state index in [0.717, 1.165) is 12.3 Å². The lowest BCUT2D eigenvalue weighted by Crippen LogP contribution is -2.28. The predicted octanol–water partition coefficient (Wildman–Crippen LogP) is 2.86. The Hall–Kier alpha value is -1.02. The molecule has 0 saturated carbocycles. The summed E-state index contributed by atoms with van der Waals surface area (Å²) in [6.07, 6.45) is 2.33. The zero-order valence-corrected chi connectivity index (χ0v) is 12.2. The number of hydrogen-bond donors (Lipinski definition) is 1. The highest BCUT2D eigenvalue weighted by Crippen LogP contribution is 2.33. The second kappa shape index (κ2) is 5.75. The van der Waals surface area contributed by atoms with E-state index in [0.29, 0.717) is 6.04 Å². The Morgan fingerprint density at radius 3 is 2.72 bits per heavy atom. The van der Waals surface area contributed by atoms with Crippen LogP contribution in [0, 0.1) is 5.92 Å². The van der Waals surface area contributed by atoms with Crippen molar-refractivity contribution in [2.24, 2.45) is 5.92 Å². The van der Waals surface area contributed by atoms with E-state index in [4.69, 9.17) is 0 Å². The van der Waals surface area contributed by atoms with Gasteiger partial charge < -0.3 is 10.2 Å². The van der Waals surface area contributed by atoms with Crippen LogP contribution in [0.15, 0.2) is 18.2 Å². The molecule has 2 nitrogen and oxygen atoms in total. The maximum absolute atomic E-state index is 3.34. The van der Waals surface area contributed by atoms with E-state index < -0.39 is 0 Å². The number of rotatable bonds is 5.